The van der Waals surface area contributed by atoms with Gasteiger partial charge >= 0.3 is 33.0 Å². The van der Waals surface area contributed by atoms with E-state index >= 15 is 0 Å². The number of aliphatic hydroxyl groups is 4. The number of carboxylic acid groups (broad SMARTS) is 2. The smallest absolute Gasteiger partial charge is 0.676 e. The van der Waals surface area contributed by atoms with Gasteiger partial charge < -0.3 is 51.6 Å². The Morgan fingerprint density at radius 2 is 1.50 bits per heavy atom. The van der Waals surface area contributed by atoms with Crippen molar-refractivity contribution in [3.63, 3.8) is 0 Å². The first-order valence-corrected chi connectivity index (χ1v) is 10.3. The van der Waals surface area contributed by atoms with Crippen LogP contribution in [0.25, 0.3) is 11.5 Å². The van der Waals surface area contributed by atoms with Gasteiger partial charge in [-0.1, -0.05) is 37.3 Å². The van der Waals surface area contributed by atoms with E-state index in [1.54, 1.807) is 0 Å². The predicted molar refractivity (Wildman–Crippen MR) is 107 cm³/mol. The molecule has 0 bridgehead atoms. The Labute approximate surface area is 205 Å². The number of nitrogens with one attached hydrogen (secondary N) is 2. The van der Waals surface area contributed by atoms with Crippen molar-refractivity contribution < 1.29 is 70.8 Å². The van der Waals surface area contributed by atoms with Gasteiger partial charge in [-0.15, -0.1) is 0 Å². The summed E-state index contributed by atoms with van der Waals surface area (Å²) < 4.78 is 10.2. The van der Waals surface area contributed by atoms with Gasteiger partial charge in [-0.05, 0) is 12.8 Å². The maximum Gasteiger partial charge on any atom is 2.00 e. The van der Waals surface area contributed by atoms with Gasteiger partial charge in [0.1, 0.15) is 24.4 Å². The van der Waals surface area contributed by atoms with E-state index in [-0.39, 0.29) is 46.2 Å². The fraction of sp³-hybridized carbons (Fsp3) is 0.889. The van der Waals surface area contributed by atoms with Gasteiger partial charge in [-0.3, -0.25) is 0 Å². The zero-order valence-electron chi connectivity index (χ0n) is 17.2. The first kappa shape index (κ1) is 31.6. The average molecular weight is 666 g/mol. The summed E-state index contributed by atoms with van der Waals surface area (Å²) >= 11 is 5.51. The molecule has 8 N–H and O–H groups in total. The van der Waals surface area contributed by atoms with Crippen molar-refractivity contribution in [1.29, 1.82) is 0 Å². The van der Waals surface area contributed by atoms with Crippen LogP contribution in [0, 0.1) is 0 Å². The largest absolute Gasteiger partial charge is 2.00 e. The Morgan fingerprint density at radius 1 is 1.00 bits per heavy atom. The first-order valence-electron chi connectivity index (χ1n) is 9.95. The second-order valence-electron chi connectivity index (χ2n) is 7.58. The normalized spacial score (nSPS) is 32.8. The molecule has 32 heavy (non-hydrogen) atoms. The molecular formula is C18H31ClN2O10Pt. The Kier molecular flexibility index (Phi) is 14.6. The summed E-state index contributed by atoms with van der Waals surface area (Å²) in [6.07, 6.45) is -3.51. The van der Waals surface area contributed by atoms with Crippen molar-refractivity contribution in [2.24, 2.45) is 0 Å². The molecule has 1 unspecified atom stereocenters. The van der Waals surface area contributed by atoms with E-state index in [1.165, 1.54) is 12.8 Å². The van der Waals surface area contributed by atoms with Gasteiger partial charge in [0.25, 0.3) is 0 Å². The van der Waals surface area contributed by atoms with Crippen LogP contribution in [0.3, 0.4) is 0 Å². The maximum absolute atomic E-state index is 10.9. The van der Waals surface area contributed by atoms with Gasteiger partial charge in [0, 0.05) is 6.61 Å². The van der Waals surface area contributed by atoms with Crippen LogP contribution in [-0.4, -0.2) is 103 Å². The molecule has 1 saturated carbocycles. The van der Waals surface area contributed by atoms with E-state index in [4.69, 9.17) is 47.9 Å². The minimum absolute atomic E-state index is 0. The SMILES string of the molecule is O=C(O)C(Cl)(CCCOC1O[C@H](CO)[C@@H](O)[C@H](O)[C@H]1O)C(=O)O.[NH-][C@@H]1CCCC[C@H]1[NH-].[Pt+2]. The zero-order valence-corrected chi connectivity index (χ0v) is 20.2. The molecule has 190 valence electrons. The monoisotopic (exact) mass is 665 g/mol. The summed E-state index contributed by atoms with van der Waals surface area (Å²) in [7, 11) is 0. The molecule has 7 atom stereocenters. The van der Waals surface area contributed by atoms with Crippen LogP contribution < -0.4 is 0 Å². The van der Waals surface area contributed by atoms with E-state index in [0.717, 1.165) is 12.8 Å². The third-order valence-electron chi connectivity index (χ3n) is 5.24. The number of alkyl halides is 1. The van der Waals surface area contributed by atoms with Crippen LogP contribution in [0.15, 0.2) is 0 Å². The number of halogens is 1. The number of hydrogen-bond donors (Lipinski definition) is 6. The molecule has 12 nitrogen and oxygen atoms in total. The molecule has 2 rings (SSSR count). The van der Waals surface area contributed by atoms with Crippen LogP contribution in [0.4, 0.5) is 0 Å². The summed E-state index contributed by atoms with van der Waals surface area (Å²) in [4.78, 5) is 19.2. The van der Waals surface area contributed by atoms with Crippen molar-refractivity contribution >= 4 is 23.5 Å². The molecule has 1 saturated heterocycles. The van der Waals surface area contributed by atoms with E-state index in [0.29, 0.717) is 0 Å². The van der Waals surface area contributed by atoms with Crippen molar-refractivity contribution in [1.82, 2.24) is 0 Å². The fourth-order valence-corrected chi connectivity index (χ4v) is 3.29. The van der Waals surface area contributed by atoms with E-state index in [9.17, 15) is 24.9 Å². The van der Waals surface area contributed by atoms with Crippen molar-refractivity contribution in [2.45, 2.75) is 86.2 Å². The van der Waals surface area contributed by atoms with Crippen molar-refractivity contribution in [3.05, 3.63) is 11.5 Å². The Morgan fingerprint density at radius 3 is 1.91 bits per heavy atom. The van der Waals surface area contributed by atoms with Gasteiger partial charge in [-0.25, -0.2) is 9.59 Å². The van der Waals surface area contributed by atoms with Gasteiger partial charge in [0.2, 0.25) is 4.87 Å². The first-order chi connectivity index (χ1) is 14.5. The molecule has 1 aliphatic heterocycles. The topological polar surface area (TPSA) is 222 Å². The van der Waals surface area contributed by atoms with Crippen LogP contribution in [0.2, 0.25) is 0 Å². The average Bonchev–Trinajstić information content (AvgIpc) is 2.73. The minimum Gasteiger partial charge on any atom is -0.676 e. The number of rotatable bonds is 8. The molecule has 0 aromatic rings. The van der Waals surface area contributed by atoms with Crippen molar-refractivity contribution in [2.75, 3.05) is 13.2 Å². The van der Waals surface area contributed by atoms with Crippen LogP contribution in [-0.2, 0) is 40.1 Å². The second-order valence-corrected chi connectivity index (χ2v) is 8.23. The molecule has 0 aromatic heterocycles. The third-order valence-corrected chi connectivity index (χ3v) is 5.75. The molecule has 14 heteroatoms. The number of ether oxygens (including phenoxy) is 2. The summed E-state index contributed by atoms with van der Waals surface area (Å²) in [5.41, 5.74) is 14.6. The Hall–Kier alpha value is -0.402. The third kappa shape index (κ3) is 8.75. The quantitative estimate of drug-likeness (QED) is 0.117. The van der Waals surface area contributed by atoms with E-state index in [2.05, 4.69) is 0 Å². The van der Waals surface area contributed by atoms with E-state index in [1.807, 2.05) is 0 Å². The molecule has 0 spiro atoms. The number of aliphatic hydroxyl groups excluding tert-OH is 4. The summed E-state index contributed by atoms with van der Waals surface area (Å²) in [5, 5.41) is 55.5. The minimum atomic E-state index is -2.49. The molecule has 0 radical (unpaired) electrons. The van der Waals surface area contributed by atoms with Crippen LogP contribution in [0.1, 0.15) is 38.5 Å². The second kappa shape index (κ2) is 14.8. The van der Waals surface area contributed by atoms with Gasteiger partial charge in [0.05, 0.1) is 6.61 Å². The number of aliphatic carboxylic acids is 2. The van der Waals surface area contributed by atoms with Gasteiger partial charge in [0.15, 0.2) is 6.29 Å². The summed E-state index contributed by atoms with van der Waals surface area (Å²) in [6.45, 7) is -0.842. The summed E-state index contributed by atoms with van der Waals surface area (Å²) in [5.74, 6) is -3.42. The molecule has 2 aliphatic rings. The van der Waals surface area contributed by atoms with Crippen LogP contribution >= 0.6 is 11.6 Å². The molecule has 0 amide bonds. The van der Waals surface area contributed by atoms with Gasteiger partial charge in [-0.2, -0.15) is 12.1 Å². The van der Waals surface area contributed by atoms with Crippen LogP contribution in [0.5, 0.6) is 0 Å². The summed E-state index contributed by atoms with van der Waals surface area (Å²) in [6, 6.07) is -0.160. The molecule has 1 aliphatic carbocycles. The fourth-order valence-electron chi connectivity index (χ4n) is 3.16. The Bertz CT molecular complexity index is 564. The van der Waals surface area contributed by atoms with Crippen molar-refractivity contribution in [3.8, 4) is 0 Å². The molecular weight excluding hydrogens is 635 g/mol. The molecule has 0 aromatic carbocycles. The standard InChI is InChI=1S/C12H19ClO10.C6H12N2.Pt/c13-12(10(18)19,11(20)21)2-1-3-22-9-8(17)7(16)6(15)5(4-14)23-9;7-5-3-1-2-4-6(5)8;/h5-9,14-17H,1-4H2,(H,18,19)(H,20,21);5-8H,1-4H2;/q;-2;+2/t5-,6-,7+,8-,9?;5-,6-;/m11./s1. The number of carboxylic acids is 2. The molecule has 2 fully saturated rings. The van der Waals surface area contributed by atoms with E-state index < -0.39 is 60.5 Å². The zero-order chi connectivity index (χ0) is 23.8. The predicted octanol–water partition coefficient (Wildman–Crippen LogP) is 0.129. The number of carbonyl (C=O) groups is 2. The Balaban J connectivity index is 0.000000896. The number of hydrogen-bond acceptors (Lipinski definition) is 8. The molecule has 1 heterocycles. The maximum atomic E-state index is 10.9.